The van der Waals surface area contributed by atoms with E-state index < -0.39 is 27.9 Å². The van der Waals surface area contributed by atoms with Gasteiger partial charge in [0.2, 0.25) is 15.9 Å². The van der Waals surface area contributed by atoms with Crippen LogP contribution in [0.3, 0.4) is 0 Å². The zero-order valence-electron chi connectivity index (χ0n) is 20.9. The van der Waals surface area contributed by atoms with Crippen LogP contribution in [0.1, 0.15) is 15.2 Å². The molecule has 3 aromatic carbocycles. The van der Waals surface area contributed by atoms with E-state index in [1.165, 1.54) is 50.9 Å². The molecule has 4 rings (SSSR count). The van der Waals surface area contributed by atoms with Crippen LogP contribution in [0.25, 0.3) is 10.1 Å². The molecule has 0 fully saturated rings. The Balaban J connectivity index is 1.61. The molecule has 0 bridgehead atoms. The Morgan fingerprint density at radius 2 is 1.63 bits per heavy atom. The molecule has 0 spiro atoms. The molecule has 1 unspecified atom stereocenters. The van der Waals surface area contributed by atoms with Crippen molar-refractivity contribution in [3.8, 4) is 11.5 Å². The number of fused-ring (bicyclic) bond motifs is 1. The van der Waals surface area contributed by atoms with E-state index in [9.17, 15) is 18.0 Å². The highest BCUT2D eigenvalue weighted by Gasteiger charge is 2.27. The van der Waals surface area contributed by atoms with Gasteiger partial charge in [-0.1, -0.05) is 30.3 Å². The van der Waals surface area contributed by atoms with Gasteiger partial charge in [0.1, 0.15) is 10.9 Å². The van der Waals surface area contributed by atoms with Crippen molar-refractivity contribution in [2.45, 2.75) is 17.4 Å². The summed E-state index contributed by atoms with van der Waals surface area (Å²) >= 11 is 1.28. The lowest BCUT2D eigenvalue weighted by atomic mass is 10.1. The first-order valence-electron chi connectivity index (χ1n) is 11.4. The number of rotatable bonds is 10. The fraction of sp³-hybridized carbons (Fsp3) is 0.185. The maximum atomic E-state index is 13.4. The Hall–Kier alpha value is -3.93. The van der Waals surface area contributed by atoms with Gasteiger partial charge in [0.25, 0.3) is 0 Å². The minimum absolute atomic E-state index is 0.0731. The highest BCUT2D eigenvalue weighted by Crippen LogP contribution is 2.30. The Kier molecular flexibility index (Phi) is 8.30. The number of sulfonamides is 1. The highest BCUT2D eigenvalue weighted by atomic mass is 32.2. The van der Waals surface area contributed by atoms with Gasteiger partial charge in [0.15, 0.2) is 11.5 Å². The first-order chi connectivity index (χ1) is 18.2. The third-order valence-electron chi connectivity index (χ3n) is 5.73. The smallest absolute Gasteiger partial charge is 0.348 e. The predicted molar refractivity (Wildman–Crippen MR) is 146 cm³/mol. The lowest BCUT2D eigenvalue weighted by Crippen LogP contribution is -2.45. The monoisotopic (exact) mass is 554 g/mol. The number of amides is 1. The lowest BCUT2D eigenvalue weighted by Gasteiger charge is -2.19. The molecule has 11 heteroatoms. The average Bonchev–Trinajstić information content (AvgIpc) is 3.35. The van der Waals surface area contributed by atoms with Crippen molar-refractivity contribution in [3.63, 3.8) is 0 Å². The molecule has 0 radical (unpaired) electrons. The van der Waals surface area contributed by atoms with Crippen molar-refractivity contribution in [3.05, 3.63) is 83.2 Å². The molecule has 1 amide bonds. The summed E-state index contributed by atoms with van der Waals surface area (Å²) in [6, 6.07) is 19.1. The number of carbonyl (C=O) groups is 2. The van der Waals surface area contributed by atoms with Gasteiger partial charge in [-0.25, -0.2) is 13.2 Å². The van der Waals surface area contributed by atoms with Gasteiger partial charge in [0, 0.05) is 16.5 Å². The molecule has 0 aliphatic carbocycles. The van der Waals surface area contributed by atoms with Crippen molar-refractivity contribution in [2.75, 3.05) is 26.6 Å². The normalized spacial score (nSPS) is 12.1. The number of ether oxygens (including phenoxy) is 3. The molecular weight excluding hydrogens is 528 g/mol. The number of esters is 1. The quantitative estimate of drug-likeness (QED) is 0.282. The van der Waals surface area contributed by atoms with Gasteiger partial charge < -0.3 is 19.5 Å². The topological polar surface area (TPSA) is 120 Å². The first kappa shape index (κ1) is 27.1. The molecule has 0 aliphatic rings. The second kappa shape index (κ2) is 11.6. The molecule has 4 aromatic rings. The van der Waals surface area contributed by atoms with Crippen LogP contribution >= 0.6 is 11.3 Å². The Labute approximate surface area is 224 Å². The van der Waals surface area contributed by atoms with Gasteiger partial charge in [-0.15, -0.1) is 11.3 Å². The average molecular weight is 555 g/mol. The van der Waals surface area contributed by atoms with Crippen LogP contribution in [0.2, 0.25) is 0 Å². The second-order valence-electron chi connectivity index (χ2n) is 8.22. The number of methoxy groups -OCH3 is 3. The van der Waals surface area contributed by atoms with Crippen molar-refractivity contribution < 1.29 is 32.2 Å². The Morgan fingerprint density at radius 3 is 2.32 bits per heavy atom. The zero-order valence-corrected chi connectivity index (χ0v) is 22.5. The van der Waals surface area contributed by atoms with E-state index in [2.05, 4.69) is 10.0 Å². The summed E-state index contributed by atoms with van der Waals surface area (Å²) in [5.74, 6) is -0.357. The Morgan fingerprint density at radius 1 is 0.895 bits per heavy atom. The number of nitrogens with one attached hydrogen (secondary N) is 2. The Bertz CT molecular complexity index is 1570. The van der Waals surface area contributed by atoms with Crippen LogP contribution in [-0.4, -0.2) is 47.7 Å². The molecule has 0 aliphatic heterocycles. The van der Waals surface area contributed by atoms with Gasteiger partial charge in [0.05, 0.1) is 26.2 Å². The van der Waals surface area contributed by atoms with E-state index in [0.29, 0.717) is 16.3 Å². The van der Waals surface area contributed by atoms with Crippen LogP contribution in [0.15, 0.2) is 77.7 Å². The van der Waals surface area contributed by atoms with Crippen molar-refractivity contribution in [1.82, 2.24) is 4.72 Å². The van der Waals surface area contributed by atoms with E-state index in [4.69, 9.17) is 14.2 Å². The fourth-order valence-electron chi connectivity index (χ4n) is 3.83. The number of anilines is 1. The summed E-state index contributed by atoms with van der Waals surface area (Å²) < 4.78 is 45.2. The zero-order chi connectivity index (χ0) is 27.3. The van der Waals surface area contributed by atoms with E-state index in [-0.39, 0.29) is 17.1 Å². The molecule has 198 valence electrons. The standard InChI is InChI=1S/C27H26N2O7S2/c1-34-22-11-10-20(16-23(22)35-2)38(32,33)29-21(13-17-7-5-4-6-8-17)26(30)28-19-9-12-24-18(14-19)15-25(37-24)27(31)36-3/h4-12,14-16,21,29H,13H2,1-3H3,(H,28,30). The van der Waals surface area contributed by atoms with Crippen molar-refractivity contribution in [1.29, 1.82) is 0 Å². The fourth-order valence-corrected chi connectivity index (χ4v) is 6.00. The maximum Gasteiger partial charge on any atom is 0.348 e. The van der Waals surface area contributed by atoms with Crippen LogP contribution in [0.4, 0.5) is 5.69 Å². The summed E-state index contributed by atoms with van der Waals surface area (Å²) in [5.41, 5.74) is 1.23. The summed E-state index contributed by atoms with van der Waals surface area (Å²) in [7, 11) is 0.0605. The van der Waals surface area contributed by atoms with Gasteiger partial charge >= 0.3 is 5.97 Å². The van der Waals surface area contributed by atoms with Gasteiger partial charge in [-0.05, 0) is 53.8 Å². The molecule has 0 saturated carbocycles. The third-order valence-corrected chi connectivity index (χ3v) is 8.30. The molecule has 1 heterocycles. The number of benzene rings is 3. The second-order valence-corrected chi connectivity index (χ2v) is 11.0. The molecule has 9 nitrogen and oxygen atoms in total. The predicted octanol–water partition coefficient (Wildman–Crippen LogP) is 4.23. The van der Waals surface area contributed by atoms with Crippen LogP contribution in [0, 0.1) is 0 Å². The first-order valence-corrected chi connectivity index (χ1v) is 13.7. The van der Waals surface area contributed by atoms with E-state index in [1.54, 1.807) is 24.3 Å². The molecule has 0 saturated heterocycles. The van der Waals surface area contributed by atoms with Gasteiger partial charge in [-0.3, -0.25) is 4.79 Å². The van der Waals surface area contributed by atoms with Crippen molar-refractivity contribution in [2.24, 2.45) is 0 Å². The SMILES string of the molecule is COC(=O)c1cc2cc(NC(=O)C(Cc3ccccc3)NS(=O)(=O)c3ccc(OC)c(OC)c3)ccc2s1. The number of hydrogen-bond donors (Lipinski definition) is 2. The van der Waals surface area contributed by atoms with Crippen LogP contribution < -0.4 is 19.5 Å². The summed E-state index contributed by atoms with van der Waals surface area (Å²) in [6.45, 7) is 0. The maximum absolute atomic E-state index is 13.4. The number of thiophene rings is 1. The largest absolute Gasteiger partial charge is 0.493 e. The van der Waals surface area contributed by atoms with E-state index in [0.717, 1.165) is 15.6 Å². The van der Waals surface area contributed by atoms with Gasteiger partial charge in [-0.2, -0.15) is 4.72 Å². The summed E-state index contributed by atoms with van der Waals surface area (Å²) in [4.78, 5) is 25.6. The molecular formula is C27H26N2O7S2. The number of hydrogen-bond acceptors (Lipinski definition) is 8. The molecule has 2 N–H and O–H groups in total. The van der Waals surface area contributed by atoms with Crippen LogP contribution in [-0.2, 0) is 26.0 Å². The lowest BCUT2D eigenvalue weighted by molar-refractivity contribution is -0.117. The summed E-state index contributed by atoms with van der Waals surface area (Å²) in [5, 5.41) is 3.55. The van der Waals surface area contributed by atoms with Crippen molar-refractivity contribution >= 4 is 49.0 Å². The van der Waals surface area contributed by atoms with E-state index >= 15 is 0 Å². The minimum atomic E-state index is -4.11. The molecule has 1 atom stereocenters. The minimum Gasteiger partial charge on any atom is -0.493 e. The van der Waals surface area contributed by atoms with E-state index in [1.807, 2.05) is 30.3 Å². The molecule has 38 heavy (non-hydrogen) atoms. The molecule has 1 aromatic heterocycles. The van der Waals surface area contributed by atoms with Crippen LogP contribution in [0.5, 0.6) is 11.5 Å². The highest BCUT2D eigenvalue weighted by molar-refractivity contribution is 7.89. The summed E-state index contributed by atoms with van der Waals surface area (Å²) in [6.07, 6.45) is 0.117. The third kappa shape index (κ3) is 6.13. The number of carbonyl (C=O) groups excluding carboxylic acids is 2.